The lowest BCUT2D eigenvalue weighted by molar-refractivity contribution is -0.142. The molecule has 4 unspecified atom stereocenters. The molecule has 0 aliphatic heterocycles. The number of fused-ring (bicyclic) bond motifs is 1. The standard InChI is InChI=1S/C23H31N7O8/c24-13(8-19(26)33)20(34)28-15(5-6-18(25)32)21(35)30-17(10-31)22(36)29-16(23(37)38)7-11-9-27-14-4-2-1-3-12(11)14/h1-4,9,13,15-17,27,31H,5-8,10,24H2,(H2,25,32)(H2,26,33)(H,28,34)(H,29,36)(H,30,35)(H,37,38). The van der Waals surface area contributed by atoms with Gasteiger partial charge >= 0.3 is 5.97 Å². The van der Waals surface area contributed by atoms with Gasteiger partial charge < -0.3 is 48.3 Å². The Morgan fingerprint density at radius 1 is 0.868 bits per heavy atom. The Morgan fingerprint density at radius 2 is 1.47 bits per heavy atom. The Bertz CT molecular complexity index is 1200. The zero-order valence-electron chi connectivity index (χ0n) is 20.3. The van der Waals surface area contributed by atoms with Crippen LogP contribution in [0.3, 0.4) is 0 Å². The summed E-state index contributed by atoms with van der Waals surface area (Å²) in [7, 11) is 0. The van der Waals surface area contributed by atoms with E-state index in [0.717, 1.165) is 10.9 Å². The number of para-hydroxylation sites is 1. The van der Waals surface area contributed by atoms with E-state index in [2.05, 4.69) is 20.9 Å². The smallest absolute Gasteiger partial charge is 0.326 e. The minimum Gasteiger partial charge on any atom is -0.480 e. The minimum atomic E-state index is -1.60. The molecule has 1 aromatic heterocycles. The van der Waals surface area contributed by atoms with Crippen molar-refractivity contribution in [3.05, 3.63) is 36.0 Å². The summed E-state index contributed by atoms with van der Waals surface area (Å²) in [6, 6.07) is 1.38. The molecule has 1 aromatic carbocycles. The summed E-state index contributed by atoms with van der Waals surface area (Å²) in [5, 5.41) is 26.9. The van der Waals surface area contributed by atoms with Gasteiger partial charge in [0, 0.05) is 29.9 Å². The number of carbonyl (C=O) groups excluding carboxylic acids is 5. The Hall–Kier alpha value is -4.50. The number of hydrogen-bond acceptors (Lipinski definition) is 8. The number of carboxylic acid groups (broad SMARTS) is 1. The maximum Gasteiger partial charge on any atom is 0.326 e. The van der Waals surface area contributed by atoms with E-state index >= 15 is 0 Å². The van der Waals surface area contributed by atoms with Crippen molar-refractivity contribution in [2.24, 2.45) is 17.2 Å². The number of aliphatic hydroxyl groups is 1. The van der Waals surface area contributed by atoms with Crippen LogP contribution in [0.2, 0.25) is 0 Å². The molecule has 0 bridgehead atoms. The molecule has 0 radical (unpaired) electrons. The molecular formula is C23H31N7O8. The zero-order chi connectivity index (χ0) is 28.4. The summed E-state index contributed by atoms with van der Waals surface area (Å²) in [6.45, 7) is -0.908. The number of carboxylic acids is 1. The van der Waals surface area contributed by atoms with E-state index in [1.807, 2.05) is 0 Å². The van der Waals surface area contributed by atoms with Crippen LogP contribution in [-0.4, -0.2) is 81.5 Å². The first-order chi connectivity index (χ1) is 17.9. The number of aliphatic carboxylic acids is 1. The number of carbonyl (C=O) groups is 6. The van der Waals surface area contributed by atoms with E-state index < -0.39 is 72.7 Å². The van der Waals surface area contributed by atoms with Crippen molar-refractivity contribution in [1.29, 1.82) is 0 Å². The van der Waals surface area contributed by atoms with Crippen molar-refractivity contribution in [2.75, 3.05) is 6.61 Å². The van der Waals surface area contributed by atoms with Gasteiger partial charge in [0.2, 0.25) is 29.5 Å². The molecule has 0 saturated carbocycles. The van der Waals surface area contributed by atoms with Gasteiger partial charge in [0.1, 0.15) is 18.1 Å². The number of primary amides is 2. The Morgan fingerprint density at radius 3 is 2.08 bits per heavy atom. The van der Waals surface area contributed by atoms with Crippen molar-refractivity contribution in [3.63, 3.8) is 0 Å². The Kier molecular flexibility index (Phi) is 10.7. The predicted octanol–water partition coefficient (Wildman–Crippen LogP) is -3.29. The van der Waals surface area contributed by atoms with E-state index in [1.165, 1.54) is 0 Å². The average molecular weight is 534 g/mol. The van der Waals surface area contributed by atoms with Crippen molar-refractivity contribution < 1.29 is 39.0 Å². The lowest BCUT2D eigenvalue weighted by Gasteiger charge is -2.24. The van der Waals surface area contributed by atoms with Gasteiger partial charge in [0.15, 0.2) is 0 Å². The Balaban J connectivity index is 2.10. The summed E-state index contributed by atoms with van der Waals surface area (Å²) in [5.74, 6) is -5.90. The van der Waals surface area contributed by atoms with E-state index in [4.69, 9.17) is 17.2 Å². The molecule has 206 valence electrons. The highest BCUT2D eigenvalue weighted by molar-refractivity contribution is 5.95. The number of amides is 5. The maximum absolute atomic E-state index is 12.8. The van der Waals surface area contributed by atoms with Gasteiger partial charge in [-0.2, -0.15) is 0 Å². The van der Waals surface area contributed by atoms with Gasteiger partial charge in [-0.3, -0.25) is 24.0 Å². The van der Waals surface area contributed by atoms with Crippen LogP contribution < -0.4 is 33.2 Å². The lowest BCUT2D eigenvalue weighted by atomic mass is 10.0. The molecule has 0 aliphatic rings. The summed E-state index contributed by atoms with van der Waals surface area (Å²) in [6.07, 6.45) is 0.406. The molecule has 15 heteroatoms. The lowest BCUT2D eigenvalue weighted by Crippen LogP contribution is -2.58. The highest BCUT2D eigenvalue weighted by Gasteiger charge is 2.30. The number of benzene rings is 1. The number of nitrogens with two attached hydrogens (primary N) is 3. The highest BCUT2D eigenvalue weighted by Crippen LogP contribution is 2.19. The number of aromatic amines is 1. The minimum absolute atomic E-state index is 0.0910. The third-order valence-corrected chi connectivity index (χ3v) is 5.60. The SMILES string of the molecule is NC(=O)CCC(NC(=O)C(N)CC(N)=O)C(=O)NC(CO)C(=O)NC(Cc1c[nH]c2ccccc12)C(=O)O. The third kappa shape index (κ3) is 8.56. The van der Waals surface area contributed by atoms with Crippen LogP contribution in [0.4, 0.5) is 0 Å². The number of rotatable bonds is 15. The van der Waals surface area contributed by atoms with Gasteiger partial charge in [-0.1, -0.05) is 18.2 Å². The first-order valence-corrected chi connectivity index (χ1v) is 11.5. The molecule has 38 heavy (non-hydrogen) atoms. The summed E-state index contributed by atoms with van der Waals surface area (Å²) >= 11 is 0. The molecule has 15 nitrogen and oxygen atoms in total. The quantitative estimate of drug-likeness (QED) is 0.111. The number of nitrogens with one attached hydrogen (secondary N) is 4. The second-order valence-corrected chi connectivity index (χ2v) is 8.55. The van der Waals surface area contributed by atoms with E-state index in [-0.39, 0.29) is 19.3 Å². The average Bonchev–Trinajstić information content (AvgIpc) is 3.26. The fraction of sp³-hybridized carbons (Fsp3) is 0.391. The molecule has 0 aliphatic carbocycles. The topological polar surface area (TPSA) is 273 Å². The van der Waals surface area contributed by atoms with Gasteiger partial charge in [-0.15, -0.1) is 0 Å². The van der Waals surface area contributed by atoms with Crippen molar-refractivity contribution in [2.45, 2.75) is 49.9 Å². The van der Waals surface area contributed by atoms with Crippen LogP contribution in [0.1, 0.15) is 24.8 Å². The highest BCUT2D eigenvalue weighted by atomic mass is 16.4. The molecule has 0 fully saturated rings. The molecule has 12 N–H and O–H groups in total. The first-order valence-electron chi connectivity index (χ1n) is 11.5. The number of aromatic nitrogens is 1. The fourth-order valence-electron chi connectivity index (χ4n) is 3.60. The molecule has 1 heterocycles. The predicted molar refractivity (Wildman–Crippen MR) is 133 cm³/mol. The van der Waals surface area contributed by atoms with E-state index in [9.17, 15) is 39.0 Å². The van der Waals surface area contributed by atoms with Crippen LogP contribution in [0.25, 0.3) is 10.9 Å². The first kappa shape index (κ1) is 29.7. The number of hydrogen-bond donors (Lipinski definition) is 9. The van der Waals surface area contributed by atoms with Gasteiger partial charge in [-0.25, -0.2) is 4.79 Å². The fourth-order valence-corrected chi connectivity index (χ4v) is 3.60. The summed E-state index contributed by atoms with van der Waals surface area (Å²) in [5.41, 5.74) is 17.1. The molecule has 0 saturated heterocycles. The van der Waals surface area contributed by atoms with Gasteiger partial charge in [0.25, 0.3) is 0 Å². The molecule has 0 spiro atoms. The number of aliphatic hydroxyl groups excluding tert-OH is 1. The second-order valence-electron chi connectivity index (χ2n) is 8.55. The van der Waals surface area contributed by atoms with Crippen LogP contribution >= 0.6 is 0 Å². The van der Waals surface area contributed by atoms with E-state index in [1.54, 1.807) is 30.5 Å². The molecule has 2 aromatic rings. The van der Waals surface area contributed by atoms with Crippen molar-refractivity contribution in [3.8, 4) is 0 Å². The van der Waals surface area contributed by atoms with Gasteiger partial charge in [0.05, 0.1) is 19.1 Å². The molecule has 5 amide bonds. The zero-order valence-corrected chi connectivity index (χ0v) is 20.3. The molecule has 2 rings (SSSR count). The Labute approximate surface area is 216 Å². The van der Waals surface area contributed by atoms with E-state index in [0.29, 0.717) is 5.56 Å². The van der Waals surface area contributed by atoms with Crippen LogP contribution in [-0.2, 0) is 35.2 Å². The maximum atomic E-state index is 12.8. The normalized spacial score (nSPS) is 14.1. The number of H-pyrrole nitrogens is 1. The van der Waals surface area contributed by atoms with Crippen molar-refractivity contribution >= 4 is 46.4 Å². The molecular weight excluding hydrogens is 502 g/mol. The largest absolute Gasteiger partial charge is 0.480 e. The second kappa shape index (κ2) is 13.7. The summed E-state index contributed by atoms with van der Waals surface area (Å²) in [4.78, 5) is 74.9. The molecule has 4 atom stereocenters. The third-order valence-electron chi connectivity index (χ3n) is 5.60. The van der Waals surface area contributed by atoms with Crippen molar-refractivity contribution in [1.82, 2.24) is 20.9 Å². The summed E-state index contributed by atoms with van der Waals surface area (Å²) < 4.78 is 0. The van der Waals surface area contributed by atoms with Crippen LogP contribution in [0.5, 0.6) is 0 Å². The monoisotopic (exact) mass is 533 g/mol. The van der Waals surface area contributed by atoms with Gasteiger partial charge in [-0.05, 0) is 18.1 Å². The van der Waals surface area contributed by atoms with Crippen LogP contribution in [0, 0.1) is 0 Å². The van der Waals surface area contributed by atoms with Crippen LogP contribution in [0.15, 0.2) is 30.5 Å².